The second-order valence-corrected chi connectivity index (χ2v) is 6.79. The Bertz CT molecular complexity index is 287. The Kier molecular flexibility index (Phi) is 1.68. The average Bonchev–Trinajstić information content (AvgIpc) is 2.35. The van der Waals surface area contributed by atoms with Crippen molar-refractivity contribution in [2.45, 2.75) is 44.4 Å². The summed E-state index contributed by atoms with van der Waals surface area (Å²) in [5, 5.41) is 12.6. The molecule has 1 N–H and O–H groups in total. The van der Waals surface area contributed by atoms with E-state index in [2.05, 4.69) is 41.9 Å². The summed E-state index contributed by atoms with van der Waals surface area (Å²) in [7, 11) is 0. The van der Waals surface area contributed by atoms with Gasteiger partial charge in [0.15, 0.2) is 0 Å². The zero-order valence-corrected chi connectivity index (χ0v) is 9.98. The van der Waals surface area contributed by atoms with Gasteiger partial charge in [-0.15, -0.1) is 0 Å². The molecule has 0 aromatic carbocycles. The number of alkyl halides is 1. The molecule has 2 unspecified atom stereocenters. The predicted molar refractivity (Wildman–Crippen MR) is 56.6 cm³/mol. The molecule has 2 aliphatic carbocycles. The van der Waals surface area contributed by atoms with E-state index in [-0.39, 0.29) is 9.74 Å². The summed E-state index contributed by atoms with van der Waals surface area (Å²) in [4.78, 5) is 0. The third kappa shape index (κ3) is 0.915. The van der Waals surface area contributed by atoms with E-state index in [1.165, 1.54) is 6.42 Å². The number of halogens is 1. The van der Waals surface area contributed by atoms with Crippen molar-refractivity contribution < 1.29 is 5.21 Å². The number of rotatable bonds is 0. The summed E-state index contributed by atoms with van der Waals surface area (Å²) in [6, 6.07) is 0. The number of fused-ring (bicyclic) bond motifs is 2. The van der Waals surface area contributed by atoms with Crippen molar-refractivity contribution in [3.05, 3.63) is 0 Å². The SMILES string of the molecule is CC12CCC(Br)(C1)/C(=N/O)C2(C)C. The molecule has 0 aromatic rings. The maximum Gasteiger partial charge on any atom is 0.0799 e. The first-order chi connectivity index (χ1) is 5.86. The number of hydrogen-bond acceptors (Lipinski definition) is 2. The Morgan fingerprint density at radius 1 is 1.31 bits per heavy atom. The van der Waals surface area contributed by atoms with Gasteiger partial charge in [0.1, 0.15) is 0 Å². The fraction of sp³-hybridized carbons (Fsp3) is 0.900. The van der Waals surface area contributed by atoms with Crippen molar-refractivity contribution in [2.24, 2.45) is 16.0 Å². The van der Waals surface area contributed by atoms with Crippen LogP contribution in [-0.2, 0) is 0 Å². The minimum Gasteiger partial charge on any atom is -0.411 e. The highest BCUT2D eigenvalue weighted by Gasteiger charge is 2.65. The lowest BCUT2D eigenvalue weighted by Crippen LogP contribution is -2.41. The lowest BCUT2D eigenvalue weighted by Gasteiger charge is -2.39. The molecule has 2 atom stereocenters. The topological polar surface area (TPSA) is 32.6 Å². The van der Waals surface area contributed by atoms with E-state index in [0.717, 1.165) is 18.6 Å². The molecule has 2 rings (SSSR count). The van der Waals surface area contributed by atoms with Crippen molar-refractivity contribution in [1.29, 1.82) is 0 Å². The van der Waals surface area contributed by atoms with E-state index in [0.29, 0.717) is 5.41 Å². The van der Waals surface area contributed by atoms with E-state index >= 15 is 0 Å². The van der Waals surface area contributed by atoms with Crippen molar-refractivity contribution in [3.63, 3.8) is 0 Å². The van der Waals surface area contributed by atoms with Gasteiger partial charge in [0.25, 0.3) is 0 Å². The highest BCUT2D eigenvalue weighted by molar-refractivity contribution is 9.10. The van der Waals surface area contributed by atoms with Gasteiger partial charge in [-0.3, -0.25) is 0 Å². The summed E-state index contributed by atoms with van der Waals surface area (Å²) >= 11 is 3.73. The van der Waals surface area contributed by atoms with Crippen molar-refractivity contribution in [3.8, 4) is 0 Å². The van der Waals surface area contributed by atoms with Gasteiger partial charge in [0, 0.05) is 5.41 Å². The molecule has 74 valence electrons. The van der Waals surface area contributed by atoms with Crippen LogP contribution in [0.15, 0.2) is 5.16 Å². The second kappa shape index (κ2) is 2.30. The third-order valence-corrected chi connectivity index (χ3v) is 5.42. The number of hydrogen-bond donors (Lipinski definition) is 1. The highest BCUT2D eigenvalue weighted by atomic mass is 79.9. The molecule has 0 aliphatic heterocycles. The van der Waals surface area contributed by atoms with Crippen LogP contribution in [0.5, 0.6) is 0 Å². The standard InChI is InChI=1S/C10H16BrNO/c1-8(2)7(12-13)10(11)5-4-9(8,3)6-10/h13H,4-6H2,1-3H3/b12-7+. The molecular weight excluding hydrogens is 230 g/mol. The van der Waals surface area contributed by atoms with Crippen LogP contribution in [0.25, 0.3) is 0 Å². The van der Waals surface area contributed by atoms with Gasteiger partial charge in [-0.05, 0) is 24.7 Å². The molecule has 0 radical (unpaired) electrons. The molecule has 0 amide bonds. The normalized spacial score (nSPS) is 50.3. The Balaban J connectivity index is 2.54. The fourth-order valence-electron chi connectivity index (χ4n) is 3.07. The summed E-state index contributed by atoms with van der Waals surface area (Å²) in [6.07, 6.45) is 3.43. The third-order valence-electron chi connectivity index (χ3n) is 4.37. The number of oxime groups is 1. The smallest absolute Gasteiger partial charge is 0.0799 e. The van der Waals surface area contributed by atoms with Crippen LogP contribution in [0.1, 0.15) is 40.0 Å². The van der Waals surface area contributed by atoms with Gasteiger partial charge in [0.2, 0.25) is 0 Å². The molecule has 0 heterocycles. The summed E-state index contributed by atoms with van der Waals surface area (Å²) < 4.78 is -0.0139. The van der Waals surface area contributed by atoms with Gasteiger partial charge in [-0.1, -0.05) is 41.9 Å². The summed E-state index contributed by atoms with van der Waals surface area (Å²) in [6.45, 7) is 6.67. The zero-order chi connectivity index (χ0) is 9.91. The van der Waals surface area contributed by atoms with Crippen LogP contribution in [0.4, 0.5) is 0 Å². The minimum atomic E-state index is -0.0139. The molecule has 13 heavy (non-hydrogen) atoms. The number of nitrogens with zero attached hydrogens (tertiary/aromatic N) is 1. The summed E-state index contributed by atoms with van der Waals surface area (Å²) in [5.74, 6) is 0. The quantitative estimate of drug-likeness (QED) is 0.397. The van der Waals surface area contributed by atoms with E-state index in [4.69, 9.17) is 5.21 Å². The molecule has 2 fully saturated rings. The van der Waals surface area contributed by atoms with E-state index in [1.807, 2.05) is 0 Å². The Labute approximate surface area is 87.5 Å². The van der Waals surface area contributed by atoms with E-state index < -0.39 is 0 Å². The second-order valence-electron chi connectivity index (χ2n) is 5.28. The molecule has 3 heteroatoms. The Hall–Kier alpha value is -0.0500. The molecule has 2 saturated carbocycles. The molecule has 0 spiro atoms. The van der Waals surface area contributed by atoms with Crippen LogP contribution in [0, 0.1) is 10.8 Å². The van der Waals surface area contributed by atoms with Crippen LogP contribution in [-0.4, -0.2) is 15.2 Å². The molecule has 2 nitrogen and oxygen atoms in total. The van der Waals surface area contributed by atoms with Crippen molar-refractivity contribution >= 4 is 21.6 Å². The monoisotopic (exact) mass is 245 g/mol. The Morgan fingerprint density at radius 3 is 2.23 bits per heavy atom. The molecule has 0 aromatic heterocycles. The summed E-state index contributed by atoms with van der Waals surface area (Å²) in [5.41, 5.74) is 1.27. The first-order valence-corrected chi connectivity index (χ1v) is 5.57. The fourth-order valence-corrected chi connectivity index (χ4v) is 4.46. The molecule has 2 bridgehead atoms. The van der Waals surface area contributed by atoms with Gasteiger partial charge in [-0.2, -0.15) is 0 Å². The lowest BCUT2D eigenvalue weighted by molar-refractivity contribution is 0.179. The van der Waals surface area contributed by atoms with Gasteiger partial charge >= 0.3 is 0 Å². The first kappa shape index (κ1) is 9.50. The lowest BCUT2D eigenvalue weighted by atomic mass is 9.65. The van der Waals surface area contributed by atoms with Crippen molar-refractivity contribution in [2.75, 3.05) is 0 Å². The van der Waals surface area contributed by atoms with Crippen LogP contribution in [0.2, 0.25) is 0 Å². The largest absolute Gasteiger partial charge is 0.411 e. The minimum absolute atomic E-state index is 0.0139. The molecular formula is C10H16BrNO. The molecule has 2 aliphatic rings. The van der Waals surface area contributed by atoms with Crippen LogP contribution < -0.4 is 0 Å². The Morgan fingerprint density at radius 2 is 1.92 bits per heavy atom. The van der Waals surface area contributed by atoms with Gasteiger partial charge < -0.3 is 5.21 Å². The van der Waals surface area contributed by atoms with Crippen LogP contribution >= 0.6 is 15.9 Å². The highest BCUT2D eigenvalue weighted by Crippen LogP contribution is 2.66. The predicted octanol–water partition coefficient (Wildman–Crippen LogP) is 3.18. The average molecular weight is 246 g/mol. The molecule has 0 saturated heterocycles. The maximum atomic E-state index is 9.06. The van der Waals surface area contributed by atoms with Crippen molar-refractivity contribution in [1.82, 2.24) is 0 Å². The zero-order valence-electron chi connectivity index (χ0n) is 8.39. The van der Waals surface area contributed by atoms with Gasteiger partial charge in [-0.25, -0.2) is 0 Å². The first-order valence-electron chi connectivity index (χ1n) is 4.78. The van der Waals surface area contributed by atoms with E-state index in [1.54, 1.807) is 0 Å². The van der Waals surface area contributed by atoms with E-state index in [9.17, 15) is 0 Å². The maximum absolute atomic E-state index is 9.06. The van der Waals surface area contributed by atoms with Gasteiger partial charge in [0.05, 0.1) is 10.0 Å². The van der Waals surface area contributed by atoms with Crippen LogP contribution in [0.3, 0.4) is 0 Å².